The van der Waals surface area contributed by atoms with E-state index in [4.69, 9.17) is 0 Å². The molecule has 1 aromatic carbocycles. The third-order valence-corrected chi connectivity index (χ3v) is 4.21. The molecule has 106 valence electrons. The zero-order valence-electron chi connectivity index (χ0n) is 12.3. The molecule has 0 amide bonds. The molecule has 0 aromatic heterocycles. The first-order chi connectivity index (χ1) is 9.76. The van der Waals surface area contributed by atoms with Gasteiger partial charge in [-0.1, -0.05) is 66.4 Å². The Labute approximate surface area is 125 Å². The second-order valence-electron chi connectivity index (χ2n) is 4.22. The van der Waals surface area contributed by atoms with E-state index in [9.17, 15) is 4.91 Å². The van der Waals surface area contributed by atoms with E-state index in [2.05, 4.69) is 30.3 Å². The van der Waals surface area contributed by atoms with E-state index in [1.165, 1.54) is 10.5 Å². The lowest BCUT2D eigenvalue weighted by Crippen LogP contribution is -1.89. The van der Waals surface area contributed by atoms with Gasteiger partial charge in [-0.25, -0.2) is 0 Å². The van der Waals surface area contributed by atoms with Gasteiger partial charge < -0.3 is 0 Å². The van der Waals surface area contributed by atoms with Crippen LogP contribution in [0.15, 0.2) is 69.1 Å². The maximum atomic E-state index is 10.5. The third-order valence-electron chi connectivity index (χ3n) is 2.88. The highest BCUT2D eigenvalue weighted by molar-refractivity contribution is 8.03. The molecular formula is C17H21NOS. The average molecular weight is 287 g/mol. The number of allylic oxidation sites excluding steroid dienone is 5. The fourth-order valence-corrected chi connectivity index (χ4v) is 2.93. The molecule has 0 aliphatic heterocycles. The van der Waals surface area contributed by atoms with Gasteiger partial charge in [0.2, 0.25) is 0 Å². The molecule has 0 aliphatic rings. The van der Waals surface area contributed by atoms with Crippen LogP contribution in [0.25, 0.3) is 0 Å². The summed E-state index contributed by atoms with van der Waals surface area (Å²) >= 11 is 1.70. The molecule has 1 aromatic rings. The highest BCUT2D eigenvalue weighted by Crippen LogP contribution is 2.35. The molecule has 3 heteroatoms. The first kappa shape index (κ1) is 16.4. The fraction of sp³-hybridized carbons (Fsp3) is 0.294. The molecule has 0 atom stereocenters. The Morgan fingerprint density at radius 3 is 2.65 bits per heavy atom. The summed E-state index contributed by atoms with van der Waals surface area (Å²) in [6, 6.07) is 7.93. The van der Waals surface area contributed by atoms with Gasteiger partial charge in [-0.2, -0.15) is 4.91 Å². The van der Waals surface area contributed by atoms with Crippen LogP contribution < -0.4 is 0 Å². The normalized spacial score (nSPS) is 12.9. The Morgan fingerprint density at radius 1 is 1.30 bits per heavy atom. The summed E-state index contributed by atoms with van der Waals surface area (Å²) < 4.78 is 0. The molecule has 0 heterocycles. The van der Waals surface area contributed by atoms with Crippen LogP contribution in [0.4, 0.5) is 0 Å². The van der Waals surface area contributed by atoms with Gasteiger partial charge in [0.15, 0.2) is 0 Å². The Kier molecular flexibility index (Phi) is 7.66. The molecule has 0 bridgehead atoms. The Hall–Kier alpha value is -1.61. The summed E-state index contributed by atoms with van der Waals surface area (Å²) in [6.07, 6.45) is 9.32. The monoisotopic (exact) mass is 287 g/mol. The van der Waals surface area contributed by atoms with Crippen molar-refractivity contribution in [3.8, 4) is 0 Å². The Balaban J connectivity index is 3.02. The van der Waals surface area contributed by atoms with Crippen molar-refractivity contribution < 1.29 is 0 Å². The standard InChI is InChI=1S/C17H21NOS/c1-4-7-10-14(5-2)16(6-3)20-17-12-9-8-11-15(17)13-18-19/h4,6-12H,5,13H2,1-3H3/b7-4-,14-10-,16-6+. The lowest BCUT2D eigenvalue weighted by molar-refractivity contribution is 1.01. The van der Waals surface area contributed by atoms with Crippen molar-refractivity contribution in [3.63, 3.8) is 0 Å². The van der Waals surface area contributed by atoms with Crippen molar-refractivity contribution in [3.05, 3.63) is 69.5 Å². The van der Waals surface area contributed by atoms with Crippen molar-refractivity contribution in [1.29, 1.82) is 0 Å². The highest BCUT2D eigenvalue weighted by Gasteiger charge is 2.08. The number of nitrogens with zero attached hydrogens (tertiary/aromatic N) is 1. The molecule has 0 aliphatic carbocycles. The van der Waals surface area contributed by atoms with Gasteiger partial charge in [-0.05, 0) is 37.5 Å². The molecule has 0 saturated carbocycles. The van der Waals surface area contributed by atoms with Crippen molar-refractivity contribution >= 4 is 11.8 Å². The zero-order chi connectivity index (χ0) is 14.8. The largest absolute Gasteiger partial charge is 0.150 e. The van der Waals surface area contributed by atoms with Crippen LogP contribution in [0.3, 0.4) is 0 Å². The van der Waals surface area contributed by atoms with Crippen molar-refractivity contribution in [2.45, 2.75) is 38.6 Å². The average Bonchev–Trinajstić information content (AvgIpc) is 2.48. The van der Waals surface area contributed by atoms with Gasteiger partial charge in [-0.3, -0.25) is 0 Å². The summed E-state index contributed by atoms with van der Waals surface area (Å²) in [7, 11) is 0. The quantitative estimate of drug-likeness (QED) is 0.357. The van der Waals surface area contributed by atoms with Crippen molar-refractivity contribution in [2.24, 2.45) is 5.18 Å². The van der Waals surface area contributed by atoms with Crippen LogP contribution >= 0.6 is 11.8 Å². The first-order valence-electron chi connectivity index (χ1n) is 6.80. The summed E-state index contributed by atoms with van der Waals surface area (Å²) in [6.45, 7) is 6.43. The predicted molar refractivity (Wildman–Crippen MR) is 88.7 cm³/mol. The molecule has 0 unspecified atom stereocenters. The number of nitroso groups, excluding NO2 is 1. The van der Waals surface area contributed by atoms with Crippen LogP contribution in [0.2, 0.25) is 0 Å². The fourth-order valence-electron chi connectivity index (χ4n) is 1.82. The molecular weight excluding hydrogens is 266 g/mol. The summed E-state index contributed by atoms with van der Waals surface area (Å²) in [5, 5.41) is 3.01. The summed E-state index contributed by atoms with van der Waals surface area (Å²) in [4.78, 5) is 12.8. The number of thioether (sulfide) groups is 1. The van der Waals surface area contributed by atoms with Gasteiger partial charge in [0, 0.05) is 9.80 Å². The van der Waals surface area contributed by atoms with Crippen molar-refractivity contribution in [2.75, 3.05) is 0 Å². The maximum absolute atomic E-state index is 10.5. The number of benzene rings is 1. The summed E-state index contributed by atoms with van der Waals surface area (Å²) in [5.74, 6) is 0. The minimum Gasteiger partial charge on any atom is -0.150 e. The van der Waals surface area contributed by atoms with Crippen LogP contribution in [0.5, 0.6) is 0 Å². The van der Waals surface area contributed by atoms with E-state index in [0.717, 1.165) is 16.9 Å². The molecule has 0 radical (unpaired) electrons. The SMILES string of the molecule is C\C=C/C=C(CC)\C(=C/C)Sc1ccccc1CN=O. The van der Waals surface area contributed by atoms with E-state index in [-0.39, 0.29) is 6.54 Å². The molecule has 1 rings (SSSR count). The molecule has 2 nitrogen and oxygen atoms in total. The molecule has 0 N–H and O–H groups in total. The number of rotatable bonds is 7. The van der Waals surface area contributed by atoms with Gasteiger partial charge in [0.1, 0.15) is 6.54 Å². The van der Waals surface area contributed by atoms with Gasteiger partial charge in [0.25, 0.3) is 0 Å². The Morgan fingerprint density at radius 2 is 2.05 bits per heavy atom. The summed E-state index contributed by atoms with van der Waals surface area (Å²) in [5.41, 5.74) is 2.28. The third kappa shape index (κ3) is 4.82. The van der Waals surface area contributed by atoms with Crippen LogP contribution in [-0.4, -0.2) is 0 Å². The van der Waals surface area contributed by atoms with E-state index in [0.29, 0.717) is 0 Å². The smallest absolute Gasteiger partial charge is 0.107 e. The van der Waals surface area contributed by atoms with E-state index < -0.39 is 0 Å². The van der Waals surface area contributed by atoms with E-state index in [1.807, 2.05) is 44.2 Å². The molecule has 0 spiro atoms. The van der Waals surface area contributed by atoms with Gasteiger partial charge in [0.05, 0.1) is 0 Å². The number of hydrogen-bond donors (Lipinski definition) is 0. The second-order valence-corrected chi connectivity index (χ2v) is 5.30. The van der Waals surface area contributed by atoms with Crippen LogP contribution in [0.1, 0.15) is 32.8 Å². The molecule has 20 heavy (non-hydrogen) atoms. The predicted octanol–water partition coefficient (Wildman–Crippen LogP) is 5.86. The van der Waals surface area contributed by atoms with E-state index >= 15 is 0 Å². The Bertz CT molecular complexity index is 530. The van der Waals surface area contributed by atoms with Gasteiger partial charge >= 0.3 is 0 Å². The minimum absolute atomic E-state index is 0.222. The number of hydrogen-bond acceptors (Lipinski definition) is 3. The first-order valence-corrected chi connectivity index (χ1v) is 7.61. The van der Waals surface area contributed by atoms with Crippen LogP contribution in [0, 0.1) is 4.91 Å². The highest BCUT2D eigenvalue weighted by atomic mass is 32.2. The van der Waals surface area contributed by atoms with E-state index in [1.54, 1.807) is 11.8 Å². The topological polar surface area (TPSA) is 29.4 Å². The maximum Gasteiger partial charge on any atom is 0.107 e. The van der Waals surface area contributed by atoms with Gasteiger partial charge in [-0.15, -0.1) is 0 Å². The second kappa shape index (κ2) is 9.32. The minimum atomic E-state index is 0.222. The van der Waals surface area contributed by atoms with Crippen LogP contribution in [-0.2, 0) is 6.54 Å². The molecule has 0 fully saturated rings. The van der Waals surface area contributed by atoms with Crippen molar-refractivity contribution in [1.82, 2.24) is 0 Å². The zero-order valence-corrected chi connectivity index (χ0v) is 13.1. The lowest BCUT2D eigenvalue weighted by Gasteiger charge is -2.11. The lowest BCUT2D eigenvalue weighted by atomic mass is 10.1. The molecule has 0 saturated heterocycles.